The third kappa shape index (κ3) is 5.31. The fourth-order valence-electron chi connectivity index (χ4n) is 1.09. The minimum absolute atomic E-state index is 0.00935. The van der Waals surface area contributed by atoms with Gasteiger partial charge in [-0.1, -0.05) is 6.07 Å². The molecule has 0 aliphatic carbocycles. The summed E-state index contributed by atoms with van der Waals surface area (Å²) in [6.07, 6.45) is 1.21. The van der Waals surface area contributed by atoms with Gasteiger partial charge in [0, 0.05) is 24.9 Å². The highest BCUT2D eigenvalue weighted by molar-refractivity contribution is 5.67. The van der Waals surface area contributed by atoms with Crippen molar-refractivity contribution in [3.8, 4) is 0 Å². The van der Waals surface area contributed by atoms with Crippen LogP contribution < -0.4 is 5.32 Å². The Morgan fingerprint density at radius 2 is 2.44 bits per heavy atom. The topological polar surface area (TPSA) is 71.5 Å². The van der Waals surface area contributed by atoms with Crippen LogP contribution in [0.1, 0.15) is 12.6 Å². The van der Waals surface area contributed by atoms with Crippen LogP contribution in [0.5, 0.6) is 0 Å². The van der Waals surface area contributed by atoms with E-state index < -0.39 is 12.2 Å². The molecule has 1 amide bonds. The zero-order valence-corrected chi connectivity index (χ0v) is 9.22. The van der Waals surface area contributed by atoms with E-state index in [9.17, 15) is 4.79 Å². The summed E-state index contributed by atoms with van der Waals surface area (Å²) in [5.41, 5.74) is 0.915. The van der Waals surface area contributed by atoms with Gasteiger partial charge in [-0.3, -0.25) is 4.98 Å². The largest absolute Gasteiger partial charge is 0.447 e. The number of carbonyl (C=O) groups excluding carboxylic acids is 1. The Morgan fingerprint density at radius 1 is 1.62 bits per heavy atom. The van der Waals surface area contributed by atoms with Gasteiger partial charge in [0.05, 0.1) is 6.10 Å². The van der Waals surface area contributed by atoms with Crippen LogP contribution in [0.4, 0.5) is 4.79 Å². The second kappa shape index (κ2) is 6.79. The first-order chi connectivity index (χ1) is 7.68. The quantitative estimate of drug-likeness (QED) is 0.773. The lowest BCUT2D eigenvalue weighted by Gasteiger charge is -2.07. The van der Waals surface area contributed by atoms with Crippen LogP contribution in [0.2, 0.25) is 0 Å². The van der Waals surface area contributed by atoms with Gasteiger partial charge in [0.15, 0.2) is 0 Å². The lowest BCUT2D eigenvalue weighted by Crippen LogP contribution is -2.28. The summed E-state index contributed by atoms with van der Waals surface area (Å²) in [4.78, 5) is 15.2. The summed E-state index contributed by atoms with van der Waals surface area (Å²) in [5.74, 6) is 0. The average molecular weight is 224 g/mol. The Bertz CT molecular complexity index is 314. The summed E-state index contributed by atoms with van der Waals surface area (Å²) in [6.45, 7) is 2.03. The van der Waals surface area contributed by atoms with Crippen LogP contribution >= 0.6 is 0 Å². The van der Waals surface area contributed by atoms with Crippen molar-refractivity contribution in [1.29, 1.82) is 0 Å². The first-order valence-electron chi connectivity index (χ1n) is 5.17. The lowest BCUT2D eigenvalue weighted by atomic mass is 10.3. The van der Waals surface area contributed by atoms with Crippen molar-refractivity contribution in [1.82, 2.24) is 10.3 Å². The van der Waals surface area contributed by atoms with E-state index in [-0.39, 0.29) is 6.61 Å². The summed E-state index contributed by atoms with van der Waals surface area (Å²) >= 11 is 0. The molecule has 1 unspecified atom stereocenters. The molecule has 0 aliphatic rings. The number of pyridine rings is 1. The van der Waals surface area contributed by atoms with Gasteiger partial charge in [-0.15, -0.1) is 0 Å². The molecule has 0 saturated carbocycles. The van der Waals surface area contributed by atoms with E-state index in [0.717, 1.165) is 5.69 Å². The van der Waals surface area contributed by atoms with Crippen LogP contribution in [0.25, 0.3) is 0 Å². The Balaban J connectivity index is 2.13. The molecule has 0 aromatic carbocycles. The number of amides is 1. The van der Waals surface area contributed by atoms with Crippen LogP contribution in [0, 0.1) is 0 Å². The van der Waals surface area contributed by atoms with Gasteiger partial charge in [0.2, 0.25) is 0 Å². The van der Waals surface area contributed by atoms with E-state index in [1.54, 1.807) is 13.1 Å². The summed E-state index contributed by atoms with van der Waals surface area (Å²) in [7, 11) is 0. The number of nitrogens with one attached hydrogen (secondary N) is 1. The number of aromatic nitrogens is 1. The van der Waals surface area contributed by atoms with Gasteiger partial charge in [-0.05, 0) is 19.1 Å². The molecule has 0 radical (unpaired) electrons. The zero-order valence-electron chi connectivity index (χ0n) is 9.22. The first kappa shape index (κ1) is 12.4. The molecular weight excluding hydrogens is 208 g/mol. The molecule has 0 bridgehead atoms. The number of ether oxygens (including phenoxy) is 1. The molecule has 1 heterocycles. The third-order valence-electron chi connectivity index (χ3n) is 1.83. The molecule has 2 N–H and O–H groups in total. The molecule has 1 rings (SSSR count). The summed E-state index contributed by atoms with van der Waals surface area (Å²) < 4.78 is 4.72. The Kier molecular flexibility index (Phi) is 5.28. The normalized spacial score (nSPS) is 11.9. The molecule has 1 atom stereocenters. The molecule has 16 heavy (non-hydrogen) atoms. The van der Waals surface area contributed by atoms with E-state index in [1.165, 1.54) is 0 Å². The molecule has 0 fully saturated rings. The molecule has 1 aromatic rings. The predicted molar refractivity (Wildman–Crippen MR) is 59.0 cm³/mol. The van der Waals surface area contributed by atoms with E-state index >= 15 is 0 Å². The van der Waals surface area contributed by atoms with Crippen molar-refractivity contribution in [2.45, 2.75) is 19.4 Å². The highest BCUT2D eigenvalue weighted by Gasteiger charge is 2.03. The van der Waals surface area contributed by atoms with Crippen molar-refractivity contribution < 1.29 is 14.6 Å². The number of aliphatic hydroxyl groups is 1. The van der Waals surface area contributed by atoms with E-state index in [1.807, 2.05) is 18.2 Å². The molecule has 0 aliphatic heterocycles. The van der Waals surface area contributed by atoms with Crippen LogP contribution in [-0.4, -0.2) is 35.4 Å². The fraction of sp³-hybridized carbons (Fsp3) is 0.455. The lowest BCUT2D eigenvalue weighted by molar-refractivity contribution is 0.0781. The van der Waals surface area contributed by atoms with E-state index in [2.05, 4.69) is 10.3 Å². The third-order valence-corrected chi connectivity index (χ3v) is 1.83. The molecule has 5 nitrogen and oxygen atoms in total. The molecule has 0 spiro atoms. The van der Waals surface area contributed by atoms with Crippen LogP contribution in [-0.2, 0) is 11.2 Å². The number of alkyl carbamates (subject to hydrolysis) is 1. The Morgan fingerprint density at radius 3 is 3.06 bits per heavy atom. The average Bonchev–Trinajstić information content (AvgIpc) is 2.28. The highest BCUT2D eigenvalue weighted by Crippen LogP contribution is 1.93. The number of nitrogens with zero attached hydrogens (tertiary/aromatic N) is 1. The van der Waals surface area contributed by atoms with Gasteiger partial charge in [-0.2, -0.15) is 0 Å². The number of hydrogen-bond donors (Lipinski definition) is 2. The minimum atomic E-state index is -0.637. The number of carbonyl (C=O) groups is 1. The van der Waals surface area contributed by atoms with E-state index in [4.69, 9.17) is 9.84 Å². The summed E-state index contributed by atoms with van der Waals surface area (Å²) in [6, 6.07) is 5.63. The van der Waals surface area contributed by atoms with Crippen molar-refractivity contribution in [3.63, 3.8) is 0 Å². The molecule has 1 aromatic heterocycles. The fourth-order valence-corrected chi connectivity index (χ4v) is 1.09. The standard InChI is InChI=1S/C11H16N2O3/c1-9(14)8-16-11(15)13-7-5-10-4-2-3-6-12-10/h2-4,6,9,14H,5,7-8H2,1H3,(H,13,15). The van der Waals surface area contributed by atoms with Crippen LogP contribution in [0.3, 0.4) is 0 Å². The minimum Gasteiger partial charge on any atom is -0.447 e. The Hall–Kier alpha value is -1.62. The van der Waals surface area contributed by atoms with Crippen LogP contribution in [0.15, 0.2) is 24.4 Å². The van der Waals surface area contributed by atoms with Crippen molar-refractivity contribution in [2.75, 3.05) is 13.2 Å². The monoisotopic (exact) mass is 224 g/mol. The highest BCUT2D eigenvalue weighted by atomic mass is 16.6. The second-order valence-electron chi connectivity index (χ2n) is 3.45. The number of aliphatic hydroxyl groups excluding tert-OH is 1. The van der Waals surface area contributed by atoms with E-state index in [0.29, 0.717) is 13.0 Å². The number of rotatable bonds is 5. The van der Waals surface area contributed by atoms with Crippen molar-refractivity contribution in [2.24, 2.45) is 0 Å². The Labute approximate surface area is 94.5 Å². The number of hydrogen-bond acceptors (Lipinski definition) is 4. The maximum atomic E-state index is 11.1. The van der Waals surface area contributed by atoms with Gasteiger partial charge >= 0.3 is 6.09 Å². The zero-order chi connectivity index (χ0) is 11.8. The van der Waals surface area contributed by atoms with Crippen molar-refractivity contribution >= 4 is 6.09 Å². The predicted octanol–water partition coefficient (Wildman–Crippen LogP) is 0.731. The maximum absolute atomic E-state index is 11.1. The van der Waals surface area contributed by atoms with Crippen molar-refractivity contribution in [3.05, 3.63) is 30.1 Å². The molecular formula is C11H16N2O3. The molecule has 0 saturated heterocycles. The SMILES string of the molecule is CC(O)COC(=O)NCCc1ccccn1. The smallest absolute Gasteiger partial charge is 0.407 e. The van der Waals surface area contributed by atoms with Gasteiger partial charge in [0.25, 0.3) is 0 Å². The molecule has 5 heteroatoms. The molecule has 88 valence electrons. The second-order valence-corrected chi connectivity index (χ2v) is 3.45. The first-order valence-corrected chi connectivity index (χ1v) is 5.17. The van der Waals surface area contributed by atoms with Gasteiger partial charge in [0.1, 0.15) is 6.61 Å². The van der Waals surface area contributed by atoms with Gasteiger partial charge < -0.3 is 15.2 Å². The maximum Gasteiger partial charge on any atom is 0.407 e. The van der Waals surface area contributed by atoms with Gasteiger partial charge in [-0.25, -0.2) is 4.79 Å². The summed E-state index contributed by atoms with van der Waals surface area (Å²) in [5, 5.41) is 11.5.